The highest BCUT2D eigenvalue weighted by atomic mass is 19.2. The molecule has 1 atom stereocenters. The summed E-state index contributed by atoms with van der Waals surface area (Å²) < 4.78 is 39.6. The van der Waals surface area contributed by atoms with Gasteiger partial charge in [-0.1, -0.05) is 32.6 Å². The average molecular weight is 259 g/mol. The van der Waals surface area contributed by atoms with Crippen molar-refractivity contribution in [3.05, 3.63) is 35.1 Å². The third kappa shape index (κ3) is 4.02. The van der Waals surface area contributed by atoms with Gasteiger partial charge >= 0.3 is 0 Å². The second-order valence-corrected chi connectivity index (χ2v) is 4.48. The van der Waals surface area contributed by atoms with Crippen LogP contribution in [0.5, 0.6) is 0 Å². The van der Waals surface area contributed by atoms with E-state index >= 15 is 0 Å². The van der Waals surface area contributed by atoms with E-state index in [4.69, 9.17) is 0 Å². The molecule has 102 valence electrons. The highest BCUT2D eigenvalue weighted by molar-refractivity contribution is 5.23. The minimum absolute atomic E-state index is 0.202. The van der Waals surface area contributed by atoms with Gasteiger partial charge in [0.25, 0.3) is 0 Å². The number of halogens is 3. The van der Waals surface area contributed by atoms with Crippen LogP contribution in [-0.4, -0.2) is 7.05 Å². The first kappa shape index (κ1) is 15.0. The molecule has 1 unspecified atom stereocenters. The lowest BCUT2D eigenvalue weighted by molar-refractivity contribution is 0.455. The van der Waals surface area contributed by atoms with Gasteiger partial charge in [-0.25, -0.2) is 13.2 Å². The summed E-state index contributed by atoms with van der Waals surface area (Å²) in [5.74, 6) is -2.83. The van der Waals surface area contributed by atoms with Crippen molar-refractivity contribution >= 4 is 0 Å². The minimum Gasteiger partial charge on any atom is -0.313 e. The molecule has 18 heavy (non-hydrogen) atoms. The van der Waals surface area contributed by atoms with Crippen molar-refractivity contribution in [1.29, 1.82) is 0 Å². The molecule has 0 saturated carbocycles. The fourth-order valence-corrected chi connectivity index (χ4v) is 2.04. The average Bonchev–Trinajstić information content (AvgIpc) is 2.35. The van der Waals surface area contributed by atoms with Gasteiger partial charge in [-0.3, -0.25) is 0 Å². The first-order valence-electron chi connectivity index (χ1n) is 6.41. The molecule has 0 saturated heterocycles. The zero-order valence-electron chi connectivity index (χ0n) is 10.9. The molecule has 0 bridgehead atoms. The fraction of sp³-hybridized carbons (Fsp3) is 0.571. The van der Waals surface area contributed by atoms with E-state index in [2.05, 4.69) is 12.2 Å². The fourth-order valence-electron chi connectivity index (χ4n) is 2.04. The first-order valence-corrected chi connectivity index (χ1v) is 6.41. The number of hydrogen-bond donors (Lipinski definition) is 1. The predicted molar refractivity (Wildman–Crippen MR) is 66.9 cm³/mol. The molecule has 0 fully saturated rings. The van der Waals surface area contributed by atoms with E-state index in [0.717, 1.165) is 38.2 Å². The van der Waals surface area contributed by atoms with Crippen LogP contribution < -0.4 is 5.32 Å². The topological polar surface area (TPSA) is 12.0 Å². The van der Waals surface area contributed by atoms with Crippen molar-refractivity contribution in [2.45, 2.75) is 45.1 Å². The smallest absolute Gasteiger partial charge is 0.161 e. The highest BCUT2D eigenvalue weighted by Crippen LogP contribution is 2.24. The maximum Gasteiger partial charge on any atom is 0.161 e. The molecule has 0 aliphatic carbocycles. The quantitative estimate of drug-likeness (QED) is 0.567. The van der Waals surface area contributed by atoms with Crippen molar-refractivity contribution in [2.75, 3.05) is 7.05 Å². The number of benzene rings is 1. The molecule has 0 heterocycles. The molecule has 1 aromatic carbocycles. The second-order valence-electron chi connectivity index (χ2n) is 4.48. The summed E-state index contributed by atoms with van der Waals surface area (Å²) in [5, 5.41) is 2.95. The molecule has 0 amide bonds. The van der Waals surface area contributed by atoms with Crippen molar-refractivity contribution in [3.63, 3.8) is 0 Å². The standard InChI is InChI=1S/C14H20F3N/c1-3-4-5-6-7-14(18-2)10-8-12(16)13(17)9-11(10)15/h8-9,14,18H,3-7H2,1-2H3. The Morgan fingerprint density at radius 2 is 1.67 bits per heavy atom. The van der Waals surface area contributed by atoms with Crippen LogP contribution in [-0.2, 0) is 0 Å². The van der Waals surface area contributed by atoms with Gasteiger partial charge in [0, 0.05) is 17.7 Å². The lowest BCUT2D eigenvalue weighted by Gasteiger charge is -2.17. The summed E-state index contributed by atoms with van der Waals surface area (Å²) in [6.45, 7) is 2.12. The maximum absolute atomic E-state index is 13.6. The van der Waals surface area contributed by atoms with Crippen LogP contribution in [0.2, 0.25) is 0 Å². The van der Waals surface area contributed by atoms with E-state index in [0.29, 0.717) is 6.07 Å². The number of unbranched alkanes of at least 4 members (excludes halogenated alkanes) is 3. The number of rotatable bonds is 7. The van der Waals surface area contributed by atoms with Gasteiger partial charge in [0.05, 0.1) is 0 Å². The summed E-state index contributed by atoms with van der Waals surface area (Å²) in [4.78, 5) is 0. The van der Waals surface area contributed by atoms with Crippen molar-refractivity contribution in [3.8, 4) is 0 Å². The molecule has 0 aliphatic heterocycles. The van der Waals surface area contributed by atoms with Gasteiger partial charge in [-0.2, -0.15) is 0 Å². The van der Waals surface area contributed by atoms with Crippen LogP contribution in [0.25, 0.3) is 0 Å². The minimum atomic E-state index is -1.14. The van der Waals surface area contributed by atoms with Crippen LogP contribution in [0, 0.1) is 17.5 Å². The third-order valence-electron chi connectivity index (χ3n) is 3.11. The molecular formula is C14H20F3N. The molecule has 0 radical (unpaired) electrons. The Morgan fingerprint density at radius 3 is 2.28 bits per heavy atom. The molecule has 1 N–H and O–H groups in total. The Morgan fingerprint density at radius 1 is 1.00 bits per heavy atom. The summed E-state index contributed by atoms with van der Waals surface area (Å²) >= 11 is 0. The maximum atomic E-state index is 13.6. The molecule has 1 rings (SSSR count). The molecule has 1 nitrogen and oxygen atoms in total. The van der Waals surface area contributed by atoms with Crippen LogP contribution in [0.4, 0.5) is 13.2 Å². The SMILES string of the molecule is CCCCCCC(NC)c1cc(F)c(F)cc1F. The zero-order chi connectivity index (χ0) is 13.5. The third-order valence-corrected chi connectivity index (χ3v) is 3.11. The lowest BCUT2D eigenvalue weighted by Crippen LogP contribution is -2.18. The van der Waals surface area contributed by atoms with E-state index in [1.165, 1.54) is 0 Å². The van der Waals surface area contributed by atoms with E-state index in [-0.39, 0.29) is 11.6 Å². The van der Waals surface area contributed by atoms with Crippen LogP contribution in [0.15, 0.2) is 12.1 Å². The summed E-state index contributed by atoms with van der Waals surface area (Å²) in [6.07, 6.45) is 5.00. The second kappa shape index (κ2) is 7.41. The summed E-state index contributed by atoms with van der Waals surface area (Å²) in [6, 6.07) is 1.30. The van der Waals surface area contributed by atoms with E-state index in [1.807, 2.05) is 0 Å². The van der Waals surface area contributed by atoms with Crippen molar-refractivity contribution in [2.24, 2.45) is 0 Å². The van der Waals surface area contributed by atoms with Gasteiger partial charge < -0.3 is 5.32 Å². The van der Waals surface area contributed by atoms with Gasteiger partial charge in [-0.05, 0) is 19.5 Å². The van der Waals surface area contributed by atoms with E-state index in [9.17, 15) is 13.2 Å². The molecular weight excluding hydrogens is 239 g/mol. The van der Waals surface area contributed by atoms with Crippen LogP contribution in [0.1, 0.15) is 50.6 Å². The molecule has 4 heteroatoms. The monoisotopic (exact) mass is 259 g/mol. The Balaban J connectivity index is 2.72. The van der Waals surface area contributed by atoms with Gasteiger partial charge in [-0.15, -0.1) is 0 Å². The summed E-state index contributed by atoms with van der Waals surface area (Å²) in [5.41, 5.74) is 0.202. The van der Waals surface area contributed by atoms with Crippen LogP contribution >= 0.6 is 0 Å². The summed E-state index contributed by atoms with van der Waals surface area (Å²) in [7, 11) is 1.70. The van der Waals surface area contributed by atoms with E-state index < -0.39 is 17.5 Å². The molecule has 1 aromatic rings. The molecule has 0 spiro atoms. The Kier molecular flexibility index (Phi) is 6.19. The first-order chi connectivity index (χ1) is 8.60. The van der Waals surface area contributed by atoms with Gasteiger partial charge in [0.15, 0.2) is 11.6 Å². The molecule has 0 aliphatic rings. The van der Waals surface area contributed by atoms with Crippen molar-refractivity contribution < 1.29 is 13.2 Å². The Labute approximate surface area is 106 Å². The van der Waals surface area contributed by atoms with Crippen molar-refractivity contribution in [1.82, 2.24) is 5.32 Å². The highest BCUT2D eigenvalue weighted by Gasteiger charge is 2.17. The Hall–Kier alpha value is -1.03. The largest absolute Gasteiger partial charge is 0.313 e. The Bertz CT molecular complexity index is 380. The van der Waals surface area contributed by atoms with E-state index in [1.54, 1.807) is 7.05 Å². The van der Waals surface area contributed by atoms with Gasteiger partial charge in [0.1, 0.15) is 5.82 Å². The normalized spacial score (nSPS) is 12.7. The lowest BCUT2D eigenvalue weighted by atomic mass is 9.99. The predicted octanol–water partition coefficient (Wildman–Crippen LogP) is 4.33. The van der Waals surface area contributed by atoms with Crippen LogP contribution in [0.3, 0.4) is 0 Å². The number of hydrogen-bond acceptors (Lipinski definition) is 1. The number of nitrogens with one attached hydrogen (secondary N) is 1. The zero-order valence-corrected chi connectivity index (χ0v) is 10.9. The molecule has 0 aromatic heterocycles. The van der Waals surface area contributed by atoms with Gasteiger partial charge in [0.2, 0.25) is 0 Å².